The van der Waals surface area contributed by atoms with Crippen molar-refractivity contribution in [3.8, 4) is 17.0 Å². The van der Waals surface area contributed by atoms with Gasteiger partial charge >= 0.3 is 6.09 Å². The van der Waals surface area contributed by atoms with Crippen molar-refractivity contribution in [2.24, 2.45) is 0 Å². The molecule has 1 heterocycles. The lowest BCUT2D eigenvalue weighted by Gasteiger charge is -2.14. The number of likely N-dealkylation sites (N-methyl/N-ethyl adjacent to an activating group) is 1. The van der Waals surface area contributed by atoms with Crippen LogP contribution < -0.4 is 10.1 Å². The van der Waals surface area contributed by atoms with E-state index in [0.717, 1.165) is 16.8 Å². The van der Waals surface area contributed by atoms with E-state index in [2.05, 4.69) is 15.0 Å². The summed E-state index contributed by atoms with van der Waals surface area (Å²) in [7, 11) is 4.35. The highest BCUT2D eigenvalue weighted by atomic mass is 32.1. The molecule has 0 fully saturated rings. The van der Waals surface area contributed by atoms with Gasteiger partial charge in [-0.05, 0) is 19.1 Å². The van der Waals surface area contributed by atoms with Crippen molar-refractivity contribution in [3.63, 3.8) is 0 Å². The Morgan fingerprint density at radius 3 is 2.75 bits per heavy atom. The largest absolute Gasteiger partial charge is 0.496 e. The lowest BCUT2D eigenvalue weighted by Crippen LogP contribution is -2.34. The van der Waals surface area contributed by atoms with Gasteiger partial charge < -0.3 is 19.7 Å². The molecular weight excluding hydrogens is 330 g/mol. The average Bonchev–Trinajstić information content (AvgIpc) is 3.01. The first-order valence-corrected chi connectivity index (χ1v) is 8.02. The molecule has 1 aromatic carbocycles. The minimum atomic E-state index is -0.575. The van der Waals surface area contributed by atoms with Crippen LogP contribution in [0.5, 0.6) is 5.75 Å². The molecule has 2 rings (SSSR count). The summed E-state index contributed by atoms with van der Waals surface area (Å²) in [6.07, 6.45) is -0.575. The first-order valence-electron chi connectivity index (χ1n) is 7.14. The highest BCUT2D eigenvalue weighted by Gasteiger charge is 2.15. The Bertz CT molecular complexity index is 745. The zero-order chi connectivity index (χ0) is 17.7. The van der Waals surface area contributed by atoms with Gasteiger partial charge in [-0.25, -0.2) is 9.78 Å². The first-order chi connectivity index (χ1) is 11.4. The monoisotopic (exact) mass is 349 g/mol. The van der Waals surface area contributed by atoms with Crippen molar-refractivity contribution in [3.05, 3.63) is 29.1 Å². The third kappa shape index (κ3) is 4.23. The Morgan fingerprint density at radius 2 is 2.08 bits per heavy atom. The lowest BCUT2D eigenvalue weighted by molar-refractivity contribution is -0.116. The number of aryl methyl sites for hydroxylation is 1. The number of thiazole rings is 1. The van der Waals surface area contributed by atoms with Gasteiger partial charge in [0.2, 0.25) is 5.91 Å². The first kappa shape index (κ1) is 17.7. The number of nitrogens with one attached hydrogen (secondary N) is 1. The minimum absolute atomic E-state index is 0.116. The Balaban J connectivity index is 2.10. The Morgan fingerprint density at radius 1 is 1.33 bits per heavy atom. The van der Waals surface area contributed by atoms with Crippen LogP contribution >= 0.6 is 11.3 Å². The third-order valence-electron chi connectivity index (χ3n) is 3.25. The summed E-state index contributed by atoms with van der Waals surface area (Å²) in [6.45, 7) is 1.87. The van der Waals surface area contributed by atoms with E-state index in [4.69, 9.17) is 4.74 Å². The number of amides is 2. The quantitative estimate of drug-likeness (QED) is 0.898. The zero-order valence-electron chi connectivity index (χ0n) is 14.0. The van der Waals surface area contributed by atoms with Gasteiger partial charge in [0, 0.05) is 18.0 Å². The molecule has 0 unspecified atom stereocenters. The smallest absolute Gasteiger partial charge is 0.409 e. The molecule has 2 aromatic rings. The highest BCUT2D eigenvalue weighted by Crippen LogP contribution is 2.32. The summed E-state index contributed by atoms with van der Waals surface area (Å²) in [6, 6.07) is 5.82. The molecule has 0 saturated carbocycles. The molecule has 8 heteroatoms. The number of carbonyl (C=O) groups excluding carboxylic acids is 2. The van der Waals surface area contributed by atoms with Crippen LogP contribution in [0.1, 0.15) is 5.56 Å². The van der Waals surface area contributed by atoms with E-state index < -0.39 is 6.09 Å². The number of methoxy groups -OCH3 is 2. The number of benzene rings is 1. The van der Waals surface area contributed by atoms with E-state index in [1.807, 2.05) is 30.5 Å². The fourth-order valence-electron chi connectivity index (χ4n) is 2.07. The van der Waals surface area contributed by atoms with Gasteiger partial charge in [0.25, 0.3) is 0 Å². The van der Waals surface area contributed by atoms with Crippen LogP contribution in [0.3, 0.4) is 0 Å². The van der Waals surface area contributed by atoms with Gasteiger partial charge in [-0.1, -0.05) is 11.6 Å². The number of anilines is 1. The van der Waals surface area contributed by atoms with Crippen LogP contribution in [0.25, 0.3) is 11.3 Å². The van der Waals surface area contributed by atoms with Crippen molar-refractivity contribution in [1.29, 1.82) is 0 Å². The maximum absolute atomic E-state index is 11.9. The topological polar surface area (TPSA) is 80.8 Å². The molecule has 1 aromatic heterocycles. The Kier molecular flexibility index (Phi) is 5.75. The van der Waals surface area contributed by atoms with Crippen molar-refractivity contribution in [2.45, 2.75) is 6.92 Å². The molecule has 2 amide bonds. The SMILES string of the molecule is COC(=O)N(C)CC(=O)Nc1nc(-c2cc(C)ccc2OC)cs1. The molecule has 7 nitrogen and oxygen atoms in total. The zero-order valence-corrected chi connectivity index (χ0v) is 14.8. The minimum Gasteiger partial charge on any atom is -0.496 e. The molecule has 0 bridgehead atoms. The molecular formula is C16H19N3O4S. The lowest BCUT2D eigenvalue weighted by atomic mass is 10.1. The summed E-state index contributed by atoms with van der Waals surface area (Å²) >= 11 is 1.31. The molecule has 24 heavy (non-hydrogen) atoms. The van der Waals surface area contributed by atoms with Gasteiger partial charge in [-0.2, -0.15) is 0 Å². The Labute approximate surface area is 144 Å². The summed E-state index contributed by atoms with van der Waals surface area (Å²) in [5.41, 5.74) is 2.67. The van der Waals surface area contributed by atoms with Gasteiger partial charge in [0.15, 0.2) is 5.13 Å². The third-order valence-corrected chi connectivity index (χ3v) is 4.01. The number of rotatable bonds is 5. The normalized spacial score (nSPS) is 10.2. The second-order valence-electron chi connectivity index (χ2n) is 5.12. The van der Waals surface area contributed by atoms with Crippen molar-refractivity contribution in [2.75, 3.05) is 33.1 Å². The number of ether oxygens (including phenoxy) is 2. The van der Waals surface area contributed by atoms with Crippen LogP contribution in [0.4, 0.5) is 9.93 Å². The second kappa shape index (κ2) is 7.78. The summed E-state index contributed by atoms with van der Waals surface area (Å²) in [5.74, 6) is 0.370. The molecule has 128 valence electrons. The fourth-order valence-corrected chi connectivity index (χ4v) is 2.80. The fraction of sp³-hybridized carbons (Fsp3) is 0.312. The van der Waals surface area contributed by atoms with Crippen molar-refractivity contribution in [1.82, 2.24) is 9.88 Å². The number of hydrogen-bond acceptors (Lipinski definition) is 6. The van der Waals surface area contributed by atoms with Crippen LogP contribution in [-0.2, 0) is 9.53 Å². The predicted octanol–water partition coefficient (Wildman–Crippen LogP) is 2.76. The average molecular weight is 349 g/mol. The van der Waals surface area contributed by atoms with Crippen molar-refractivity contribution < 1.29 is 19.1 Å². The van der Waals surface area contributed by atoms with E-state index in [-0.39, 0.29) is 12.5 Å². The van der Waals surface area contributed by atoms with Gasteiger partial charge in [0.05, 0.1) is 19.9 Å². The van der Waals surface area contributed by atoms with Crippen molar-refractivity contribution >= 4 is 28.5 Å². The molecule has 0 radical (unpaired) electrons. The van der Waals surface area contributed by atoms with Crippen LogP contribution in [0.15, 0.2) is 23.6 Å². The van der Waals surface area contributed by atoms with Gasteiger partial charge in [-0.15, -0.1) is 11.3 Å². The number of aromatic nitrogens is 1. The highest BCUT2D eigenvalue weighted by molar-refractivity contribution is 7.14. The molecule has 0 aliphatic rings. The van der Waals surface area contributed by atoms with E-state index in [0.29, 0.717) is 10.9 Å². The van der Waals surface area contributed by atoms with Crippen LogP contribution in [-0.4, -0.2) is 49.7 Å². The predicted molar refractivity (Wildman–Crippen MR) is 92.5 cm³/mol. The molecule has 0 atom stereocenters. The molecule has 0 spiro atoms. The molecule has 0 aliphatic carbocycles. The summed E-state index contributed by atoms with van der Waals surface area (Å²) < 4.78 is 9.90. The summed E-state index contributed by atoms with van der Waals surface area (Å²) in [5, 5.41) is 4.97. The molecule has 0 saturated heterocycles. The van der Waals surface area contributed by atoms with Gasteiger partial charge in [-0.3, -0.25) is 4.79 Å². The second-order valence-corrected chi connectivity index (χ2v) is 5.97. The van der Waals surface area contributed by atoms with Gasteiger partial charge in [0.1, 0.15) is 12.3 Å². The van der Waals surface area contributed by atoms with Crippen LogP contribution in [0, 0.1) is 6.92 Å². The number of hydrogen-bond donors (Lipinski definition) is 1. The Hall–Kier alpha value is -2.61. The maximum Gasteiger partial charge on any atom is 0.409 e. The summed E-state index contributed by atoms with van der Waals surface area (Å²) in [4.78, 5) is 28.8. The molecule has 1 N–H and O–H groups in total. The van der Waals surface area contributed by atoms with E-state index in [9.17, 15) is 9.59 Å². The standard InChI is InChI=1S/C16H19N3O4S/c1-10-5-6-13(22-3)11(7-10)12-9-24-15(17-12)18-14(20)8-19(2)16(21)23-4/h5-7,9H,8H2,1-4H3,(H,17,18,20). The number of carbonyl (C=O) groups is 2. The van der Waals surface area contributed by atoms with E-state index in [1.54, 1.807) is 7.11 Å². The van der Waals surface area contributed by atoms with E-state index in [1.165, 1.54) is 30.4 Å². The molecule has 0 aliphatic heterocycles. The maximum atomic E-state index is 11.9. The van der Waals surface area contributed by atoms with E-state index >= 15 is 0 Å². The van der Waals surface area contributed by atoms with Crippen LogP contribution in [0.2, 0.25) is 0 Å². The number of nitrogens with zero attached hydrogens (tertiary/aromatic N) is 2.